The lowest BCUT2D eigenvalue weighted by Crippen LogP contribution is -2.43. The Labute approximate surface area is 280 Å². The molecule has 5 aromatic carbocycles. The number of halogens is 2. The van der Waals surface area contributed by atoms with Crippen molar-refractivity contribution in [1.29, 1.82) is 0 Å². The second-order valence-electron chi connectivity index (χ2n) is 12.4. The van der Waals surface area contributed by atoms with Crippen LogP contribution in [-0.4, -0.2) is 29.8 Å². The summed E-state index contributed by atoms with van der Waals surface area (Å²) in [6.45, 7) is 2.93. The number of alkyl halides is 2. The number of amides is 2. The zero-order valence-electron chi connectivity index (χ0n) is 26.9. The predicted octanol–water partition coefficient (Wildman–Crippen LogP) is 8.95. The van der Waals surface area contributed by atoms with Gasteiger partial charge in [-0.25, -0.2) is 8.78 Å². The molecule has 48 heavy (non-hydrogen) atoms. The molecule has 0 aliphatic carbocycles. The maximum Gasteiger partial charge on any atom is 0.270 e. The summed E-state index contributed by atoms with van der Waals surface area (Å²) in [5, 5.41) is 6.15. The highest BCUT2D eigenvalue weighted by atomic mass is 19.3. The van der Waals surface area contributed by atoms with Gasteiger partial charge in [0.15, 0.2) is 0 Å². The van der Waals surface area contributed by atoms with Gasteiger partial charge in [-0.2, -0.15) is 0 Å². The van der Waals surface area contributed by atoms with Gasteiger partial charge in [0.2, 0.25) is 5.91 Å². The number of likely N-dealkylation sites (tertiary alicyclic amines) is 1. The van der Waals surface area contributed by atoms with Crippen LogP contribution in [0.25, 0.3) is 11.1 Å². The molecule has 2 N–H and O–H groups in total. The van der Waals surface area contributed by atoms with E-state index >= 15 is 0 Å². The molecule has 0 radical (unpaired) electrons. The summed E-state index contributed by atoms with van der Waals surface area (Å²) < 4.78 is 27.4. The molecule has 1 atom stereocenters. The Bertz CT molecular complexity index is 1810. The van der Waals surface area contributed by atoms with E-state index in [9.17, 15) is 18.4 Å². The molecule has 0 spiro atoms. The fourth-order valence-corrected chi connectivity index (χ4v) is 6.45. The lowest BCUT2D eigenvalue weighted by molar-refractivity contribution is -0.127. The van der Waals surface area contributed by atoms with Gasteiger partial charge in [0.05, 0.1) is 0 Å². The Hall–Kier alpha value is -5.14. The Morgan fingerprint density at radius 3 is 2.02 bits per heavy atom. The van der Waals surface area contributed by atoms with Crippen LogP contribution in [0, 0.1) is 0 Å². The van der Waals surface area contributed by atoms with Gasteiger partial charge in [0.1, 0.15) is 6.04 Å². The number of anilines is 1. The van der Waals surface area contributed by atoms with Crippen molar-refractivity contribution >= 4 is 17.5 Å². The van der Waals surface area contributed by atoms with Crippen LogP contribution in [0.5, 0.6) is 0 Å². The van der Waals surface area contributed by atoms with Gasteiger partial charge >= 0.3 is 0 Å². The molecule has 1 aliphatic rings. The van der Waals surface area contributed by atoms with E-state index in [4.69, 9.17) is 0 Å². The Kier molecular flexibility index (Phi) is 10.1. The Morgan fingerprint density at radius 2 is 1.38 bits per heavy atom. The molecule has 5 nitrogen and oxygen atoms in total. The zero-order valence-corrected chi connectivity index (χ0v) is 26.9. The number of carbonyl (C=O) groups is 2. The van der Waals surface area contributed by atoms with Crippen LogP contribution in [0.3, 0.4) is 0 Å². The molecule has 1 saturated heterocycles. The van der Waals surface area contributed by atoms with E-state index in [0.717, 1.165) is 44.0 Å². The molecule has 0 bridgehead atoms. The summed E-state index contributed by atoms with van der Waals surface area (Å²) in [6, 6.07) is 40.7. The quantitative estimate of drug-likeness (QED) is 0.160. The van der Waals surface area contributed by atoms with E-state index in [1.807, 2.05) is 84.9 Å². The van der Waals surface area contributed by atoms with Gasteiger partial charge in [0.25, 0.3) is 11.8 Å². The maximum atomic E-state index is 13.7. The minimum Gasteiger partial charge on any atom is -0.350 e. The third-order valence-corrected chi connectivity index (χ3v) is 9.08. The fraction of sp³-hybridized carbons (Fsp3) is 0.220. The molecule has 1 aliphatic heterocycles. The van der Waals surface area contributed by atoms with Crippen molar-refractivity contribution in [2.75, 3.05) is 18.4 Å². The summed E-state index contributed by atoms with van der Waals surface area (Å²) in [6.07, 6.45) is 1.83. The van der Waals surface area contributed by atoms with E-state index in [1.54, 1.807) is 24.3 Å². The number of piperidine rings is 1. The third-order valence-electron chi connectivity index (χ3n) is 9.08. The Morgan fingerprint density at radius 1 is 0.771 bits per heavy atom. The van der Waals surface area contributed by atoms with E-state index in [-0.39, 0.29) is 23.4 Å². The first-order chi connectivity index (χ1) is 23.3. The van der Waals surface area contributed by atoms with Gasteiger partial charge in [-0.3, -0.25) is 14.5 Å². The van der Waals surface area contributed by atoms with Crippen LogP contribution < -0.4 is 10.6 Å². The number of hydrogen-bond donors (Lipinski definition) is 2. The van der Waals surface area contributed by atoms with Crippen molar-refractivity contribution in [1.82, 2.24) is 10.2 Å². The zero-order chi connectivity index (χ0) is 33.5. The van der Waals surface area contributed by atoms with E-state index in [0.29, 0.717) is 34.8 Å². The topological polar surface area (TPSA) is 61.4 Å². The number of nitrogens with zero attached hydrogens (tertiary/aromatic N) is 1. The van der Waals surface area contributed by atoms with Crippen molar-refractivity contribution in [3.63, 3.8) is 0 Å². The lowest BCUT2D eigenvalue weighted by atomic mass is 9.88. The average Bonchev–Trinajstić information content (AvgIpc) is 3.12. The monoisotopic (exact) mass is 643 g/mol. The first-order valence-electron chi connectivity index (χ1n) is 16.4. The fourth-order valence-electron chi connectivity index (χ4n) is 6.45. The first-order valence-corrected chi connectivity index (χ1v) is 16.4. The minimum atomic E-state index is -2.93. The summed E-state index contributed by atoms with van der Waals surface area (Å²) in [5.74, 6) is -2.85. The summed E-state index contributed by atoms with van der Waals surface area (Å²) in [5.41, 5.74) is 5.69. The molecular formula is C41H39F2N3O2. The van der Waals surface area contributed by atoms with Gasteiger partial charge in [0, 0.05) is 30.3 Å². The highest BCUT2D eigenvalue weighted by Crippen LogP contribution is 2.34. The van der Waals surface area contributed by atoms with Crippen molar-refractivity contribution in [3.8, 4) is 11.1 Å². The molecule has 0 saturated carbocycles. The number of benzene rings is 5. The highest BCUT2D eigenvalue weighted by molar-refractivity contribution is 6.08. The van der Waals surface area contributed by atoms with Crippen LogP contribution >= 0.6 is 0 Å². The largest absolute Gasteiger partial charge is 0.350 e. The number of hydrogen-bond acceptors (Lipinski definition) is 3. The maximum absolute atomic E-state index is 13.7. The normalized spacial score (nSPS) is 14.6. The standard InChI is InChI=1S/C41H39F2N3O2/c1-41(42,43)34-20-16-32(17-21-34)36-14-8-9-15-37(36)39(47)45-35-22-18-30(19-23-35)31-24-26-46(27-25-31)38(33-12-6-3-7-13-33)40(48)44-28-29-10-4-2-5-11-29/h2-23,31,38H,24-28H2,1H3,(H,44,48)(H,45,47). The lowest BCUT2D eigenvalue weighted by Gasteiger charge is -2.37. The first kappa shape index (κ1) is 32.8. The number of carbonyl (C=O) groups excluding carboxylic acids is 2. The predicted molar refractivity (Wildman–Crippen MR) is 187 cm³/mol. The summed E-state index contributed by atoms with van der Waals surface area (Å²) in [7, 11) is 0. The molecule has 1 fully saturated rings. The van der Waals surface area contributed by atoms with Gasteiger partial charge < -0.3 is 10.6 Å². The van der Waals surface area contributed by atoms with Crippen LogP contribution in [-0.2, 0) is 17.3 Å². The molecule has 1 heterocycles. The molecule has 0 aromatic heterocycles. The van der Waals surface area contributed by atoms with E-state index < -0.39 is 5.92 Å². The van der Waals surface area contributed by atoms with Gasteiger partial charge in [-0.15, -0.1) is 0 Å². The highest BCUT2D eigenvalue weighted by Gasteiger charge is 2.31. The van der Waals surface area contributed by atoms with E-state index in [1.165, 1.54) is 17.7 Å². The van der Waals surface area contributed by atoms with Crippen LogP contribution in [0.4, 0.5) is 14.5 Å². The molecule has 6 rings (SSSR count). The molecule has 5 aromatic rings. The van der Waals surface area contributed by atoms with Crippen molar-refractivity contribution in [2.24, 2.45) is 0 Å². The SMILES string of the molecule is CC(F)(F)c1ccc(-c2ccccc2C(=O)Nc2ccc(C3CCN(C(C(=O)NCc4ccccc4)c4ccccc4)CC3)cc2)cc1. The minimum absolute atomic E-state index is 0.00435. The molecule has 2 amide bonds. The molecule has 1 unspecified atom stereocenters. The Balaban J connectivity index is 1.08. The number of rotatable bonds is 10. The third kappa shape index (κ3) is 7.86. The average molecular weight is 644 g/mol. The van der Waals surface area contributed by atoms with Gasteiger partial charge in [-0.05, 0) is 77.9 Å². The number of nitrogens with one attached hydrogen (secondary N) is 2. The second-order valence-corrected chi connectivity index (χ2v) is 12.4. The molecule has 7 heteroatoms. The molecular weight excluding hydrogens is 604 g/mol. The van der Waals surface area contributed by atoms with Crippen molar-refractivity contribution in [3.05, 3.63) is 161 Å². The summed E-state index contributed by atoms with van der Waals surface area (Å²) >= 11 is 0. The van der Waals surface area contributed by atoms with Crippen LogP contribution in [0.2, 0.25) is 0 Å². The van der Waals surface area contributed by atoms with Crippen molar-refractivity contribution < 1.29 is 18.4 Å². The molecule has 244 valence electrons. The van der Waals surface area contributed by atoms with Crippen LogP contribution in [0.1, 0.15) is 64.3 Å². The summed E-state index contributed by atoms with van der Waals surface area (Å²) in [4.78, 5) is 29.2. The smallest absolute Gasteiger partial charge is 0.270 e. The van der Waals surface area contributed by atoms with Gasteiger partial charge in [-0.1, -0.05) is 115 Å². The van der Waals surface area contributed by atoms with Crippen LogP contribution in [0.15, 0.2) is 133 Å². The second kappa shape index (κ2) is 14.7. The van der Waals surface area contributed by atoms with E-state index in [2.05, 4.69) is 27.7 Å². The van der Waals surface area contributed by atoms with Crippen molar-refractivity contribution in [2.45, 2.75) is 44.2 Å².